The van der Waals surface area contributed by atoms with Crippen LogP contribution < -0.4 is 0 Å². The second kappa shape index (κ2) is 7.99. The van der Waals surface area contributed by atoms with Gasteiger partial charge in [-0.3, -0.25) is 0 Å². The summed E-state index contributed by atoms with van der Waals surface area (Å²) in [7, 11) is 1.59. The summed E-state index contributed by atoms with van der Waals surface area (Å²) >= 11 is 0. The predicted octanol–water partition coefficient (Wildman–Crippen LogP) is 2.82. The lowest BCUT2D eigenvalue weighted by Gasteiger charge is -2.04. The van der Waals surface area contributed by atoms with E-state index < -0.39 is 6.10 Å². The van der Waals surface area contributed by atoms with Gasteiger partial charge in [-0.05, 0) is 30.3 Å². The van der Waals surface area contributed by atoms with Gasteiger partial charge in [0.25, 0.3) is 0 Å². The van der Waals surface area contributed by atoms with Crippen LogP contribution in [0.2, 0.25) is 0 Å². The Morgan fingerprint density at radius 3 is 2.33 bits per heavy atom. The average molecular weight is 277 g/mol. The van der Waals surface area contributed by atoms with Crippen molar-refractivity contribution in [2.45, 2.75) is 6.10 Å². The van der Waals surface area contributed by atoms with Gasteiger partial charge in [-0.2, -0.15) is 0 Å². The van der Waals surface area contributed by atoms with Crippen LogP contribution in [0.5, 0.6) is 0 Å². The molecule has 104 valence electrons. The van der Waals surface area contributed by atoms with Gasteiger partial charge < -0.3 is 9.84 Å². The zero-order chi connectivity index (χ0) is 14.9. The Kier molecular flexibility index (Phi) is 5.70. The molecule has 0 amide bonds. The van der Waals surface area contributed by atoms with Crippen LogP contribution in [0.1, 0.15) is 11.1 Å². The van der Waals surface area contributed by atoms with Gasteiger partial charge in [-0.1, -0.05) is 30.0 Å². The molecule has 0 radical (unpaired) electrons. The monoisotopic (exact) mass is 277 g/mol. The Balaban J connectivity index is 2.19. The fraction of sp³-hybridized carbons (Fsp3) is 0.158. The topological polar surface area (TPSA) is 29.5 Å². The molecule has 0 spiro atoms. The number of ether oxygens (including phenoxy) is 1. The van der Waals surface area contributed by atoms with Gasteiger partial charge in [0.15, 0.2) is 11.7 Å². The van der Waals surface area contributed by atoms with E-state index in [1.165, 1.54) is 0 Å². The molecule has 0 aliphatic heterocycles. The van der Waals surface area contributed by atoms with E-state index in [2.05, 4.69) is 17.9 Å². The Bertz CT molecular complexity index is 634. The molecule has 2 aromatic carbocycles. The second-order valence-corrected chi connectivity index (χ2v) is 4.49. The van der Waals surface area contributed by atoms with Crippen molar-refractivity contribution in [1.82, 2.24) is 0 Å². The first kappa shape index (κ1) is 15.0. The molecule has 0 bridgehead atoms. The molecule has 0 fully saturated rings. The van der Waals surface area contributed by atoms with Gasteiger partial charge in [-0.15, -0.1) is 0 Å². The van der Waals surface area contributed by atoms with Crippen molar-refractivity contribution in [3.05, 3.63) is 83.4 Å². The number of aliphatic hydroxyl groups excluding tert-OH is 1. The molecule has 2 heteroatoms. The van der Waals surface area contributed by atoms with Gasteiger partial charge in [0.1, 0.15) is 5.57 Å². The molecule has 2 nitrogen and oxygen atoms in total. The number of aliphatic hydroxyl groups is 1. The summed E-state index contributed by atoms with van der Waals surface area (Å²) < 4.78 is 5.12. The number of benzene rings is 2. The third-order valence-corrected chi connectivity index (χ3v) is 2.84. The van der Waals surface area contributed by atoms with Gasteiger partial charge in [-0.25, -0.2) is 0 Å². The number of methoxy groups -OCH3 is 1. The quantitative estimate of drug-likeness (QED) is 0.688. The van der Waals surface area contributed by atoms with Gasteiger partial charge in [0.2, 0.25) is 0 Å². The minimum atomic E-state index is -0.898. The molecule has 1 atom stereocenters. The van der Waals surface area contributed by atoms with Crippen molar-refractivity contribution in [3.8, 4) is 11.8 Å². The summed E-state index contributed by atoms with van der Waals surface area (Å²) in [5.41, 5.74) is 2.38. The summed E-state index contributed by atoms with van der Waals surface area (Å²) in [4.78, 5) is 0. The lowest BCUT2D eigenvalue weighted by atomic mass is 10.1. The van der Waals surface area contributed by atoms with Crippen LogP contribution in [0.3, 0.4) is 0 Å². The Hall–Kier alpha value is -2.43. The van der Waals surface area contributed by atoms with E-state index in [4.69, 9.17) is 4.74 Å². The van der Waals surface area contributed by atoms with E-state index in [0.29, 0.717) is 12.2 Å². The molecule has 1 N–H and O–H groups in total. The average Bonchev–Trinajstić information content (AvgIpc) is 2.54. The Labute approximate surface area is 125 Å². The van der Waals surface area contributed by atoms with E-state index >= 15 is 0 Å². The summed E-state index contributed by atoms with van der Waals surface area (Å²) in [6.07, 6.45) is 2.26. The van der Waals surface area contributed by atoms with Gasteiger partial charge >= 0.3 is 0 Å². The van der Waals surface area contributed by atoms with Crippen molar-refractivity contribution < 1.29 is 9.84 Å². The molecule has 0 aliphatic rings. The van der Waals surface area contributed by atoms with Crippen molar-refractivity contribution >= 4 is 0 Å². The first-order valence-electron chi connectivity index (χ1n) is 6.71. The third kappa shape index (κ3) is 4.87. The number of hydrogen-bond acceptors (Lipinski definition) is 2. The zero-order valence-corrected chi connectivity index (χ0v) is 11.9. The van der Waals surface area contributed by atoms with Crippen LogP contribution in [-0.4, -0.2) is 24.9 Å². The smallest absolute Gasteiger partial charge is 0.188 e. The first-order chi connectivity index (χ1) is 10.3. The molecule has 1 unspecified atom stereocenters. The van der Waals surface area contributed by atoms with Crippen LogP contribution >= 0.6 is 0 Å². The lowest BCUT2D eigenvalue weighted by Crippen LogP contribution is -2.12. The highest BCUT2D eigenvalue weighted by atomic mass is 16.5. The highest BCUT2D eigenvalue weighted by Gasteiger charge is 2.14. The maximum Gasteiger partial charge on any atom is 0.188 e. The molecule has 2 aromatic rings. The summed E-state index contributed by atoms with van der Waals surface area (Å²) in [6.45, 7) is 0.291. The second-order valence-electron chi connectivity index (χ2n) is 4.49. The normalized spacial score (nSPS) is 12.0. The SMILES string of the molecule is COCC(=[C+]c1ccccc1)C(O)C#Cc1ccccc1. The summed E-state index contributed by atoms with van der Waals surface area (Å²) in [6, 6.07) is 19.2. The highest BCUT2D eigenvalue weighted by molar-refractivity contribution is 5.37. The van der Waals surface area contributed by atoms with E-state index in [0.717, 1.165) is 11.1 Å². The van der Waals surface area contributed by atoms with Crippen LogP contribution in [0.25, 0.3) is 0 Å². The zero-order valence-electron chi connectivity index (χ0n) is 11.9. The first-order valence-corrected chi connectivity index (χ1v) is 6.71. The van der Waals surface area contributed by atoms with Crippen molar-refractivity contribution in [2.24, 2.45) is 0 Å². The Morgan fingerprint density at radius 2 is 1.71 bits per heavy atom. The highest BCUT2D eigenvalue weighted by Crippen LogP contribution is 2.08. The van der Waals surface area contributed by atoms with Crippen LogP contribution in [0.4, 0.5) is 0 Å². The van der Waals surface area contributed by atoms with E-state index in [1.807, 2.05) is 60.7 Å². The standard InChI is InChI=1S/C19H17O2/c1-21-15-18(14-17-10-6-3-7-11-17)19(20)13-12-16-8-4-2-5-9-16/h2-11,19-20H,15H2,1H3/q+1. The van der Waals surface area contributed by atoms with E-state index in [-0.39, 0.29) is 0 Å². The summed E-state index contributed by atoms with van der Waals surface area (Å²) in [5.74, 6) is 5.78. The third-order valence-electron chi connectivity index (χ3n) is 2.84. The molecular weight excluding hydrogens is 260 g/mol. The predicted molar refractivity (Wildman–Crippen MR) is 83.5 cm³/mol. The number of hydrogen-bond donors (Lipinski definition) is 1. The largest absolute Gasteiger partial charge is 0.378 e. The van der Waals surface area contributed by atoms with Crippen molar-refractivity contribution in [2.75, 3.05) is 13.7 Å². The minimum Gasteiger partial charge on any atom is -0.378 e. The maximum absolute atomic E-state index is 10.2. The van der Waals surface area contributed by atoms with E-state index in [1.54, 1.807) is 7.11 Å². The molecule has 0 aliphatic carbocycles. The summed E-state index contributed by atoms with van der Waals surface area (Å²) in [5, 5.41) is 10.2. The molecule has 21 heavy (non-hydrogen) atoms. The van der Waals surface area contributed by atoms with E-state index in [9.17, 15) is 5.11 Å². The molecular formula is C19H17O2+. The minimum absolute atomic E-state index is 0.291. The number of rotatable bonds is 4. The maximum atomic E-state index is 10.2. The molecule has 0 aromatic heterocycles. The molecule has 2 rings (SSSR count). The lowest BCUT2D eigenvalue weighted by molar-refractivity contribution is 0.189. The molecule has 0 saturated carbocycles. The fourth-order valence-electron chi connectivity index (χ4n) is 1.81. The van der Waals surface area contributed by atoms with Crippen molar-refractivity contribution in [1.29, 1.82) is 0 Å². The van der Waals surface area contributed by atoms with Crippen LogP contribution in [0.15, 0.2) is 66.2 Å². The van der Waals surface area contributed by atoms with Gasteiger partial charge in [0, 0.05) is 12.7 Å². The van der Waals surface area contributed by atoms with Crippen LogP contribution in [-0.2, 0) is 4.74 Å². The van der Waals surface area contributed by atoms with Crippen LogP contribution in [0, 0.1) is 17.9 Å². The molecule has 0 saturated heterocycles. The van der Waals surface area contributed by atoms with Crippen molar-refractivity contribution in [3.63, 3.8) is 0 Å². The fourth-order valence-corrected chi connectivity index (χ4v) is 1.81. The Morgan fingerprint density at radius 1 is 1.10 bits per heavy atom. The van der Waals surface area contributed by atoms with Gasteiger partial charge in [0.05, 0.1) is 24.8 Å². The molecule has 0 heterocycles.